The van der Waals surface area contributed by atoms with Crippen LogP contribution >= 0.6 is 0 Å². The molecule has 2 atom stereocenters. The molecule has 1 saturated heterocycles. The maximum absolute atomic E-state index is 6.01. The molecule has 1 aliphatic heterocycles. The van der Waals surface area contributed by atoms with Crippen LogP contribution < -0.4 is 11.1 Å². The molecule has 0 aliphatic carbocycles. The van der Waals surface area contributed by atoms with Crippen LogP contribution in [0.5, 0.6) is 0 Å². The molecule has 1 fully saturated rings. The van der Waals surface area contributed by atoms with E-state index >= 15 is 0 Å². The second-order valence-corrected chi connectivity index (χ2v) is 5.09. The standard InChI is InChI=1S/C13H28N2/c1-12(14)13-9-7-5-3-2-4-6-8-10-15-11-13/h12-13,15H,2-11,14H2,1H3. The van der Waals surface area contributed by atoms with E-state index in [0.717, 1.165) is 6.54 Å². The first-order valence-corrected chi connectivity index (χ1v) is 6.77. The lowest BCUT2D eigenvalue weighted by atomic mass is 9.94. The molecule has 0 radical (unpaired) electrons. The van der Waals surface area contributed by atoms with Crippen LogP contribution in [-0.4, -0.2) is 19.1 Å². The molecule has 1 rings (SSSR count). The van der Waals surface area contributed by atoms with E-state index in [1.807, 2.05) is 0 Å². The highest BCUT2D eigenvalue weighted by Crippen LogP contribution is 2.15. The number of nitrogens with two attached hydrogens (primary N) is 1. The zero-order chi connectivity index (χ0) is 10.9. The molecule has 0 spiro atoms. The second-order valence-electron chi connectivity index (χ2n) is 5.09. The predicted octanol–water partition coefficient (Wildman–Crippen LogP) is 2.67. The third kappa shape index (κ3) is 6.16. The molecule has 0 aromatic heterocycles. The van der Waals surface area contributed by atoms with E-state index in [-0.39, 0.29) is 0 Å². The SMILES string of the molecule is CC(N)C1CCCCCCCCCNC1. The summed E-state index contributed by atoms with van der Waals surface area (Å²) in [4.78, 5) is 0. The minimum absolute atomic E-state index is 0.348. The van der Waals surface area contributed by atoms with E-state index in [0.29, 0.717) is 12.0 Å². The minimum Gasteiger partial charge on any atom is -0.328 e. The van der Waals surface area contributed by atoms with Crippen molar-refractivity contribution in [2.24, 2.45) is 11.7 Å². The summed E-state index contributed by atoms with van der Waals surface area (Å²) in [6.45, 7) is 4.46. The monoisotopic (exact) mass is 212 g/mol. The largest absolute Gasteiger partial charge is 0.328 e. The van der Waals surface area contributed by atoms with Crippen LogP contribution in [0.2, 0.25) is 0 Å². The molecule has 0 saturated carbocycles. The Morgan fingerprint density at radius 1 is 1.00 bits per heavy atom. The van der Waals surface area contributed by atoms with Crippen molar-refractivity contribution in [2.75, 3.05) is 13.1 Å². The maximum Gasteiger partial charge on any atom is 0.00508 e. The zero-order valence-electron chi connectivity index (χ0n) is 10.3. The van der Waals surface area contributed by atoms with E-state index in [9.17, 15) is 0 Å². The van der Waals surface area contributed by atoms with Gasteiger partial charge in [-0.1, -0.05) is 38.5 Å². The van der Waals surface area contributed by atoms with E-state index in [4.69, 9.17) is 5.73 Å². The molecular weight excluding hydrogens is 184 g/mol. The fourth-order valence-electron chi connectivity index (χ4n) is 2.38. The fraction of sp³-hybridized carbons (Fsp3) is 1.00. The smallest absolute Gasteiger partial charge is 0.00508 e. The van der Waals surface area contributed by atoms with E-state index < -0.39 is 0 Å². The van der Waals surface area contributed by atoms with Crippen LogP contribution in [0.3, 0.4) is 0 Å². The zero-order valence-corrected chi connectivity index (χ0v) is 10.3. The van der Waals surface area contributed by atoms with E-state index in [1.165, 1.54) is 57.9 Å². The van der Waals surface area contributed by atoms with Crippen molar-refractivity contribution in [2.45, 2.75) is 64.3 Å². The van der Waals surface area contributed by atoms with Crippen LogP contribution in [0.4, 0.5) is 0 Å². The Hall–Kier alpha value is -0.0800. The summed E-state index contributed by atoms with van der Waals surface area (Å²) < 4.78 is 0. The van der Waals surface area contributed by atoms with E-state index in [2.05, 4.69) is 12.2 Å². The summed E-state index contributed by atoms with van der Waals surface area (Å²) >= 11 is 0. The fourth-order valence-corrected chi connectivity index (χ4v) is 2.38. The third-order valence-electron chi connectivity index (χ3n) is 3.58. The Morgan fingerprint density at radius 3 is 2.27 bits per heavy atom. The molecule has 2 heteroatoms. The first-order chi connectivity index (χ1) is 7.30. The lowest BCUT2D eigenvalue weighted by molar-refractivity contribution is 0.364. The highest BCUT2D eigenvalue weighted by Gasteiger charge is 2.12. The van der Waals surface area contributed by atoms with Gasteiger partial charge in [-0.2, -0.15) is 0 Å². The number of rotatable bonds is 1. The highest BCUT2D eigenvalue weighted by atomic mass is 14.9. The maximum atomic E-state index is 6.01. The minimum atomic E-state index is 0.348. The number of hydrogen-bond acceptors (Lipinski definition) is 2. The molecule has 0 amide bonds. The van der Waals surface area contributed by atoms with Gasteiger partial charge in [-0.15, -0.1) is 0 Å². The van der Waals surface area contributed by atoms with Gasteiger partial charge in [0.1, 0.15) is 0 Å². The Labute approximate surface area is 95.0 Å². The summed E-state index contributed by atoms with van der Waals surface area (Å²) in [5, 5.41) is 3.55. The molecule has 0 aromatic carbocycles. The molecule has 2 nitrogen and oxygen atoms in total. The predicted molar refractivity (Wildman–Crippen MR) is 66.9 cm³/mol. The van der Waals surface area contributed by atoms with Gasteiger partial charge >= 0.3 is 0 Å². The van der Waals surface area contributed by atoms with Crippen LogP contribution in [0.15, 0.2) is 0 Å². The molecule has 2 unspecified atom stereocenters. The Balaban J connectivity index is 2.25. The average molecular weight is 212 g/mol. The summed E-state index contributed by atoms with van der Waals surface area (Å²) in [6.07, 6.45) is 11.1. The Kier molecular flexibility index (Phi) is 7.03. The van der Waals surface area contributed by atoms with Crippen LogP contribution in [0.1, 0.15) is 58.3 Å². The first kappa shape index (κ1) is 13.0. The van der Waals surface area contributed by atoms with Gasteiger partial charge in [0, 0.05) is 6.04 Å². The van der Waals surface area contributed by atoms with Crippen molar-refractivity contribution < 1.29 is 0 Å². The van der Waals surface area contributed by atoms with E-state index in [1.54, 1.807) is 0 Å². The summed E-state index contributed by atoms with van der Waals surface area (Å²) in [6, 6.07) is 0.348. The summed E-state index contributed by atoms with van der Waals surface area (Å²) in [5.41, 5.74) is 6.01. The van der Waals surface area contributed by atoms with Gasteiger partial charge in [-0.3, -0.25) is 0 Å². The van der Waals surface area contributed by atoms with Crippen molar-refractivity contribution in [3.63, 3.8) is 0 Å². The second kappa shape index (κ2) is 8.12. The molecule has 15 heavy (non-hydrogen) atoms. The molecular formula is C13H28N2. The third-order valence-corrected chi connectivity index (χ3v) is 3.58. The van der Waals surface area contributed by atoms with Crippen molar-refractivity contribution in [3.05, 3.63) is 0 Å². The van der Waals surface area contributed by atoms with Crippen molar-refractivity contribution in [3.8, 4) is 0 Å². The van der Waals surface area contributed by atoms with Gasteiger partial charge < -0.3 is 11.1 Å². The highest BCUT2D eigenvalue weighted by molar-refractivity contribution is 4.71. The molecule has 0 bridgehead atoms. The Morgan fingerprint density at radius 2 is 1.60 bits per heavy atom. The van der Waals surface area contributed by atoms with Gasteiger partial charge in [0.05, 0.1) is 0 Å². The summed E-state index contributed by atoms with van der Waals surface area (Å²) in [7, 11) is 0. The van der Waals surface area contributed by atoms with Gasteiger partial charge in [0.15, 0.2) is 0 Å². The molecule has 1 aliphatic rings. The average Bonchev–Trinajstić information content (AvgIpc) is 2.18. The van der Waals surface area contributed by atoms with Gasteiger partial charge in [-0.05, 0) is 38.8 Å². The number of hydrogen-bond donors (Lipinski definition) is 2. The quantitative estimate of drug-likeness (QED) is 0.701. The first-order valence-electron chi connectivity index (χ1n) is 6.77. The molecule has 0 aromatic rings. The summed E-state index contributed by atoms with van der Waals surface area (Å²) in [5.74, 6) is 0.685. The van der Waals surface area contributed by atoms with Crippen LogP contribution in [-0.2, 0) is 0 Å². The van der Waals surface area contributed by atoms with Gasteiger partial charge in [0.2, 0.25) is 0 Å². The lowest BCUT2D eigenvalue weighted by Gasteiger charge is -2.21. The lowest BCUT2D eigenvalue weighted by Crippen LogP contribution is -2.35. The molecule has 3 N–H and O–H groups in total. The van der Waals surface area contributed by atoms with Crippen LogP contribution in [0.25, 0.3) is 0 Å². The van der Waals surface area contributed by atoms with Gasteiger partial charge in [0.25, 0.3) is 0 Å². The van der Waals surface area contributed by atoms with Gasteiger partial charge in [-0.25, -0.2) is 0 Å². The Bertz CT molecular complexity index is 133. The van der Waals surface area contributed by atoms with Crippen molar-refractivity contribution in [1.82, 2.24) is 5.32 Å². The molecule has 1 heterocycles. The molecule has 90 valence electrons. The van der Waals surface area contributed by atoms with Crippen molar-refractivity contribution in [1.29, 1.82) is 0 Å². The normalized spacial score (nSPS) is 28.8. The topological polar surface area (TPSA) is 38.0 Å². The van der Waals surface area contributed by atoms with Crippen molar-refractivity contribution >= 4 is 0 Å². The number of nitrogens with one attached hydrogen (secondary N) is 1. The van der Waals surface area contributed by atoms with Crippen LogP contribution in [0, 0.1) is 5.92 Å².